The number of carbonyl (C=O) groups excluding carboxylic acids is 1. The molecule has 1 aromatic carbocycles. The van der Waals surface area contributed by atoms with Crippen LogP contribution >= 0.6 is 0 Å². The number of fused-ring (bicyclic) bond motifs is 1. The van der Waals surface area contributed by atoms with Crippen LogP contribution in [0.15, 0.2) is 18.2 Å². The quantitative estimate of drug-likeness (QED) is 0.770. The zero-order valence-corrected chi connectivity index (χ0v) is 10.8. The van der Waals surface area contributed by atoms with E-state index in [9.17, 15) is 4.79 Å². The van der Waals surface area contributed by atoms with Crippen molar-refractivity contribution in [1.29, 1.82) is 0 Å². The molecule has 102 valence electrons. The molecule has 2 aliphatic rings. The third-order valence-electron chi connectivity index (χ3n) is 3.46. The van der Waals surface area contributed by atoms with Crippen molar-refractivity contribution in [3.8, 4) is 11.5 Å². The lowest BCUT2D eigenvalue weighted by atomic mass is 9.78. The molecule has 3 rings (SSSR count). The van der Waals surface area contributed by atoms with Crippen LogP contribution in [0, 0.1) is 0 Å². The van der Waals surface area contributed by atoms with Crippen LogP contribution in [0.4, 0.5) is 0 Å². The largest absolute Gasteiger partial charge is 0.486 e. The number of rotatable bonds is 3. The highest BCUT2D eigenvalue weighted by Gasteiger charge is 2.49. The molecule has 1 fully saturated rings. The summed E-state index contributed by atoms with van der Waals surface area (Å²) in [6, 6.07) is 5.57. The molecule has 0 amide bonds. The number of esters is 1. The van der Waals surface area contributed by atoms with Crippen LogP contribution in [-0.2, 0) is 19.7 Å². The highest BCUT2D eigenvalue weighted by atomic mass is 16.6. The summed E-state index contributed by atoms with van der Waals surface area (Å²) in [6.07, 6.45) is 0. The van der Waals surface area contributed by atoms with Gasteiger partial charge in [0, 0.05) is 0 Å². The molecule has 19 heavy (non-hydrogen) atoms. The molecule has 0 saturated carbocycles. The van der Waals surface area contributed by atoms with Crippen molar-refractivity contribution in [2.75, 3.05) is 33.0 Å². The van der Waals surface area contributed by atoms with Gasteiger partial charge < -0.3 is 18.9 Å². The fraction of sp³-hybridized carbons (Fsp3) is 0.500. The van der Waals surface area contributed by atoms with Crippen molar-refractivity contribution >= 4 is 5.97 Å². The smallest absolute Gasteiger partial charge is 0.321 e. The first-order valence-electron chi connectivity index (χ1n) is 6.41. The number of benzene rings is 1. The predicted molar refractivity (Wildman–Crippen MR) is 66.6 cm³/mol. The number of hydrogen-bond acceptors (Lipinski definition) is 5. The average molecular weight is 264 g/mol. The molecule has 1 aromatic rings. The number of carbonyl (C=O) groups is 1. The molecule has 0 radical (unpaired) electrons. The third kappa shape index (κ3) is 1.94. The molecule has 1 saturated heterocycles. The van der Waals surface area contributed by atoms with E-state index >= 15 is 0 Å². The van der Waals surface area contributed by atoms with E-state index in [-0.39, 0.29) is 5.97 Å². The molecule has 0 aromatic heterocycles. The van der Waals surface area contributed by atoms with Crippen LogP contribution in [-0.4, -0.2) is 39.0 Å². The normalized spacial score (nSPS) is 19.4. The van der Waals surface area contributed by atoms with Gasteiger partial charge in [-0.05, 0) is 24.6 Å². The molecule has 2 aliphatic heterocycles. The van der Waals surface area contributed by atoms with E-state index in [1.165, 1.54) is 0 Å². The Bertz CT molecular complexity index is 493. The summed E-state index contributed by atoms with van der Waals surface area (Å²) >= 11 is 0. The lowest BCUT2D eigenvalue weighted by Crippen LogP contribution is -2.53. The maximum atomic E-state index is 12.1. The van der Waals surface area contributed by atoms with E-state index in [0.29, 0.717) is 44.5 Å². The van der Waals surface area contributed by atoms with Crippen LogP contribution in [0.1, 0.15) is 12.5 Å². The minimum absolute atomic E-state index is 0.238. The van der Waals surface area contributed by atoms with E-state index in [4.69, 9.17) is 18.9 Å². The molecule has 0 unspecified atom stereocenters. The maximum absolute atomic E-state index is 12.1. The number of hydrogen-bond donors (Lipinski definition) is 0. The van der Waals surface area contributed by atoms with E-state index in [0.717, 1.165) is 5.56 Å². The van der Waals surface area contributed by atoms with Crippen LogP contribution in [0.5, 0.6) is 11.5 Å². The molecule has 0 atom stereocenters. The molecule has 2 heterocycles. The summed E-state index contributed by atoms with van der Waals surface area (Å²) in [4.78, 5) is 12.1. The molecule has 0 N–H and O–H groups in total. The second-order valence-electron chi connectivity index (χ2n) is 4.65. The second-order valence-corrected chi connectivity index (χ2v) is 4.65. The Hall–Kier alpha value is -1.75. The Labute approximate surface area is 111 Å². The Kier molecular flexibility index (Phi) is 3.06. The lowest BCUT2D eigenvalue weighted by molar-refractivity contribution is -0.169. The zero-order chi connectivity index (χ0) is 13.3. The van der Waals surface area contributed by atoms with Gasteiger partial charge in [-0.3, -0.25) is 4.79 Å². The Morgan fingerprint density at radius 2 is 2.00 bits per heavy atom. The van der Waals surface area contributed by atoms with Crippen LogP contribution in [0.25, 0.3) is 0 Å². The summed E-state index contributed by atoms with van der Waals surface area (Å²) in [6.45, 7) is 3.95. The van der Waals surface area contributed by atoms with E-state index in [2.05, 4.69) is 0 Å². The first-order chi connectivity index (χ1) is 9.26. The van der Waals surface area contributed by atoms with E-state index < -0.39 is 5.41 Å². The molecular weight excluding hydrogens is 248 g/mol. The summed E-state index contributed by atoms with van der Waals surface area (Å²) in [7, 11) is 0. The van der Waals surface area contributed by atoms with Crippen LogP contribution in [0.2, 0.25) is 0 Å². The summed E-state index contributed by atoms with van der Waals surface area (Å²) < 4.78 is 21.4. The van der Waals surface area contributed by atoms with E-state index in [1.807, 2.05) is 18.2 Å². The summed E-state index contributed by atoms with van der Waals surface area (Å²) in [5, 5.41) is 0. The minimum atomic E-state index is -0.689. The highest BCUT2D eigenvalue weighted by molar-refractivity contribution is 5.85. The molecule has 5 heteroatoms. The van der Waals surface area contributed by atoms with Crippen molar-refractivity contribution in [2.45, 2.75) is 12.3 Å². The Balaban J connectivity index is 1.93. The van der Waals surface area contributed by atoms with Crippen LogP contribution in [0.3, 0.4) is 0 Å². The Morgan fingerprint density at radius 3 is 2.63 bits per heavy atom. The first kappa shape index (κ1) is 12.3. The SMILES string of the molecule is CCOC(=O)C1(c2ccc3c(c2)OCCO3)COC1. The fourth-order valence-electron chi connectivity index (χ4n) is 2.32. The van der Waals surface area contributed by atoms with Crippen molar-refractivity contribution in [1.82, 2.24) is 0 Å². The minimum Gasteiger partial charge on any atom is -0.486 e. The van der Waals surface area contributed by atoms with Gasteiger partial charge in [-0.2, -0.15) is 0 Å². The topological polar surface area (TPSA) is 54.0 Å². The predicted octanol–water partition coefficient (Wildman–Crippen LogP) is 1.29. The highest BCUT2D eigenvalue weighted by Crippen LogP contribution is 2.39. The van der Waals surface area contributed by atoms with Crippen molar-refractivity contribution in [2.24, 2.45) is 0 Å². The van der Waals surface area contributed by atoms with Gasteiger partial charge in [0.2, 0.25) is 0 Å². The fourth-order valence-corrected chi connectivity index (χ4v) is 2.32. The summed E-state index contributed by atoms with van der Waals surface area (Å²) in [5.74, 6) is 1.16. The van der Waals surface area contributed by atoms with Gasteiger partial charge in [-0.1, -0.05) is 6.07 Å². The van der Waals surface area contributed by atoms with Gasteiger partial charge >= 0.3 is 5.97 Å². The monoisotopic (exact) mass is 264 g/mol. The lowest BCUT2D eigenvalue weighted by Gasteiger charge is -2.39. The van der Waals surface area contributed by atoms with Gasteiger partial charge in [0.25, 0.3) is 0 Å². The zero-order valence-electron chi connectivity index (χ0n) is 10.8. The van der Waals surface area contributed by atoms with Gasteiger partial charge in [0.05, 0.1) is 19.8 Å². The third-order valence-corrected chi connectivity index (χ3v) is 3.46. The molecule has 5 nitrogen and oxygen atoms in total. The molecular formula is C14H16O5. The number of ether oxygens (including phenoxy) is 4. The molecule has 0 spiro atoms. The molecule has 0 bridgehead atoms. The standard InChI is InChI=1S/C14H16O5/c1-2-17-13(15)14(8-16-9-14)10-3-4-11-12(7-10)19-6-5-18-11/h3-4,7H,2,5-6,8-9H2,1H3. The first-order valence-corrected chi connectivity index (χ1v) is 6.41. The molecule has 0 aliphatic carbocycles. The van der Waals surface area contributed by atoms with Gasteiger partial charge in [0.15, 0.2) is 11.5 Å². The Morgan fingerprint density at radius 1 is 1.26 bits per heavy atom. The average Bonchev–Trinajstić information content (AvgIpc) is 2.38. The maximum Gasteiger partial charge on any atom is 0.321 e. The van der Waals surface area contributed by atoms with Crippen molar-refractivity contribution in [3.63, 3.8) is 0 Å². The van der Waals surface area contributed by atoms with Crippen molar-refractivity contribution < 1.29 is 23.7 Å². The summed E-state index contributed by atoms with van der Waals surface area (Å²) in [5.41, 5.74) is 0.174. The van der Waals surface area contributed by atoms with Crippen molar-refractivity contribution in [3.05, 3.63) is 23.8 Å². The van der Waals surface area contributed by atoms with E-state index in [1.54, 1.807) is 6.92 Å². The van der Waals surface area contributed by atoms with Gasteiger partial charge in [0.1, 0.15) is 18.6 Å². The van der Waals surface area contributed by atoms with Gasteiger partial charge in [-0.15, -0.1) is 0 Å². The second kappa shape index (κ2) is 4.74. The van der Waals surface area contributed by atoms with Gasteiger partial charge in [-0.25, -0.2) is 0 Å². The van der Waals surface area contributed by atoms with Crippen LogP contribution < -0.4 is 9.47 Å².